The molecule has 1 fully saturated rings. The molecular weight excluding hydrogens is 538 g/mol. The van der Waals surface area contributed by atoms with Crippen LogP contribution in [0.5, 0.6) is 0 Å². The third-order valence-electron chi connectivity index (χ3n) is 6.33. The van der Waals surface area contributed by atoms with Crippen molar-refractivity contribution in [2.24, 2.45) is 5.92 Å². The second kappa shape index (κ2) is 14.0. The van der Waals surface area contributed by atoms with Crippen LogP contribution in [0.25, 0.3) is 0 Å². The van der Waals surface area contributed by atoms with Crippen LogP contribution in [0.2, 0.25) is 0 Å². The van der Waals surface area contributed by atoms with Crippen LogP contribution in [0.1, 0.15) is 79.3 Å². The van der Waals surface area contributed by atoms with E-state index < -0.39 is 34.0 Å². The molecule has 1 aromatic carbocycles. The van der Waals surface area contributed by atoms with Crippen molar-refractivity contribution in [1.82, 2.24) is 15.0 Å². The molecule has 1 saturated carbocycles. The van der Waals surface area contributed by atoms with E-state index in [1.165, 1.54) is 31.2 Å². The second-order valence-electron chi connectivity index (χ2n) is 9.92. The fourth-order valence-electron chi connectivity index (χ4n) is 4.19. The van der Waals surface area contributed by atoms with Gasteiger partial charge in [-0.15, -0.1) is 0 Å². The molecular formula is C28H35N3O8S. The summed E-state index contributed by atoms with van der Waals surface area (Å²) >= 11 is 0. The Labute approximate surface area is 234 Å². The largest absolute Gasteiger partial charge is 0.460 e. The van der Waals surface area contributed by atoms with Crippen LogP contribution in [0, 0.1) is 5.92 Å². The minimum Gasteiger partial charge on any atom is -0.460 e. The molecule has 1 aliphatic carbocycles. The van der Waals surface area contributed by atoms with E-state index in [4.69, 9.17) is 9.47 Å². The lowest BCUT2D eigenvalue weighted by Crippen LogP contribution is -2.33. The predicted molar refractivity (Wildman–Crippen MR) is 145 cm³/mol. The number of nitrogens with one attached hydrogen (secondary N) is 2. The van der Waals surface area contributed by atoms with E-state index in [-0.39, 0.29) is 34.1 Å². The number of sulfonamides is 1. The summed E-state index contributed by atoms with van der Waals surface area (Å²) in [5, 5.41) is 2.93. The third kappa shape index (κ3) is 8.87. The minimum atomic E-state index is -4.21. The van der Waals surface area contributed by atoms with Crippen LogP contribution in [0.3, 0.4) is 0 Å². The molecule has 0 saturated heterocycles. The van der Waals surface area contributed by atoms with Crippen molar-refractivity contribution in [2.75, 3.05) is 6.54 Å². The highest BCUT2D eigenvalue weighted by Crippen LogP contribution is 2.23. The molecule has 11 nitrogen and oxygen atoms in total. The highest BCUT2D eigenvalue weighted by molar-refractivity contribution is 7.90. The summed E-state index contributed by atoms with van der Waals surface area (Å²) in [6.45, 7) is 5.06. The average molecular weight is 574 g/mol. The van der Waals surface area contributed by atoms with Gasteiger partial charge in [-0.3, -0.25) is 9.59 Å². The summed E-state index contributed by atoms with van der Waals surface area (Å²) in [7, 11) is -4.21. The molecule has 1 aromatic heterocycles. The molecule has 1 unspecified atom stereocenters. The van der Waals surface area contributed by atoms with Gasteiger partial charge >= 0.3 is 11.9 Å². The van der Waals surface area contributed by atoms with Crippen molar-refractivity contribution < 1.29 is 37.1 Å². The maximum atomic E-state index is 12.9. The Kier molecular flexibility index (Phi) is 10.8. The van der Waals surface area contributed by atoms with E-state index in [0.717, 1.165) is 38.3 Å². The summed E-state index contributed by atoms with van der Waals surface area (Å²) in [6.07, 6.45) is 5.02. The SMILES string of the molecule is CC(C)OC(=O)C(C)OC(=O)c1ccc(C(=O)NS(=O)(=O)c2cccc(CCNC(=O)C3CCCCC3)c2)cn1. The molecule has 216 valence electrons. The molecule has 0 bridgehead atoms. The molecule has 40 heavy (non-hydrogen) atoms. The molecule has 12 heteroatoms. The zero-order valence-electron chi connectivity index (χ0n) is 22.8. The van der Waals surface area contributed by atoms with Gasteiger partial charge in [0.05, 0.1) is 16.6 Å². The van der Waals surface area contributed by atoms with E-state index in [1.807, 2.05) is 4.72 Å². The van der Waals surface area contributed by atoms with Crippen molar-refractivity contribution >= 4 is 33.8 Å². The normalized spacial score (nSPS) is 14.7. The molecule has 0 radical (unpaired) electrons. The first-order valence-corrected chi connectivity index (χ1v) is 14.8. The molecule has 3 rings (SSSR count). The number of esters is 2. The number of carbonyl (C=O) groups is 4. The summed E-state index contributed by atoms with van der Waals surface area (Å²) in [5.41, 5.74) is 0.413. The van der Waals surface area contributed by atoms with Gasteiger partial charge in [0.25, 0.3) is 15.9 Å². The van der Waals surface area contributed by atoms with Gasteiger partial charge in [-0.2, -0.15) is 0 Å². The lowest BCUT2D eigenvalue weighted by Gasteiger charge is -2.20. The Bertz CT molecular complexity index is 1320. The highest BCUT2D eigenvalue weighted by Gasteiger charge is 2.24. The fraction of sp³-hybridized carbons (Fsp3) is 0.464. The minimum absolute atomic E-state index is 0.0340. The fourth-order valence-corrected chi connectivity index (χ4v) is 5.24. The standard InChI is InChI=1S/C28H35N3O8S/c1-18(2)38-27(34)19(3)39-28(35)24-13-12-22(17-30-24)26(33)31-40(36,37)23-11-7-8-20(16-23)14-15-29-25(32)21-9-5-4-6-10-21/h7-8,11-13,16-19,21H,4-6,9-10,14-15H2,1-3H3,(H,29,32)(H,31,33). The van der Waals surface area contributed by atoms with E-state index in [0.29, 0.717) is 18.5 Å². The first-order valence-electron chi connectivity index (χ1n) is 13.3. The zero-order valence-corrected chi connectivity index (χ0v) is 23.7. The van der Waals surface area contributed by atoms with Crippen molar-refractivity contribution in [3.63, 3.8) is 0 Å². The summed E-state index contributed by atoms with van der Waals surface area (Å²) in [6, 6.07) is 8.53. The van der Waals surface area contributed by atoms with Crippen molar-refractivity contribution in [1.29, 1.82) is 0 Å². The quantitative estimate of drug-likeness (QED) is 0.386. The van der Waals surface area contributed by atoms with Gasteiger partial charge in [0.2, 0.25) is 5.91 Å². The average Bonchev–Trinajstić information content (AvgIpc) is 2.93. The molecule has 0 aliphatic heterocycles. The topological polar surface area (TPSA) is 158 Å². The van der Waals surface area contributed by atoms with Crippen LogP contribution in [-0.2, 0) is 35.5 Å². The number of carbonyl (C=O) groups excluding carboxylic acids is 4. The summed E-state index contributed by atoms with van der Waals surface area (Å²) in [5.74, 6) is -2.47. The monoisotopic (exact) mass is 573 g/mol. The Morgan fingerprint density at radius 3 is 2.38 bits per heavy atom. The Morgan fingerprint density at radius 1 is 1.00 bits per heavy atom. The van der Waals surface area contributed by atoms with Crippen LogP contribution in [-0.4, -0.2) is 55.9 Å². The number of hydrogen-bond donors (Lipinski definition) is 2. The van der Waals surface area contributed by atoms with Crippen LogP contribution < -0.4 is 10.0 Å². The van der Waals surface area contributed by atoms with Crippen molar-refractivity contribution in [2.45, 2.75) is 76.4 Å². The first-order chi connectivity index (χ1) is 19.0. The van der Waals surface area contributed by atoms with Gasteiger partial charge in [0.15, 0.2) is 6.10 Å². The molecule has 1 atom stereocenters. The van der Waals surface area contributed by atoms with Gasteiger partial charge in [0.1, 0.15) is 5.69 Å². The van der Waals surface area contributed by atoms with Crippen LogP contribution >= 0.6 is 0 Å². The number of aromatic nitrogens is 1. The van der Waals surface area contributed by atoms with Gasteiger partial charge in [0, 0.05) is 18.7 Å². The number of ether oxygens (including phenoxy) is 2. The molecule has 2 N–H and O–H groups in total. The zero-order chi connectivity index (χ0) is 29.3. The molecule has 0 spiro atoms. The van der Waals surface area contributed by atoms with E-state index in [9.17, 15) is 27.6 Å². The van der Waals surface area contributed by atoms with Gasteiger partial charge in [-0.1, -0.05) is 31.4 Å². The van der Waals surface area contributed by atoms with E-state index in [2.05, 4.69) is 10.3 Å². The highest BCUT2D eigenvalue weighted by atomic mass is 32.2. The van der Waals surface area contributed by atoms with Crippen LogP contribution in [0.4, 0.5) is 0 Å². The van der Waals surface area contributed by atoms with Crippen LogP contribution in [0.15, 0.2) is 47.5 Å². The Balaban J connectivity index is 1.55. The third-order valence-corrected chi connectivity index (χ3v) is 7.66. The first kappa shape index (κ1) is 30.7. The van der Waals surface area contributed by atoms with E-state index >= 15 is 0 Å². The Morgan fingerprint density at radius 2 is 1.73 bits per heavy atom. The second-order valence-corrected chi connectivity index (χ2v) is 11.6. The molecule has 1 aliphatic rings. The van der Waals surface area contributed by atoms with Crippen molar-refractivity contribution in [3.05, 3.63) is 59.4 Å². The van der Waals surface area contributed by atoms with Crippen molar-refractivity contribution in [3.8, 4) is 0 Å². The maximum absolute atomic E-state index is 12.9. The lowest BCUT2D eigenvalue weighted by atomic mass is 9.88. The number of benzene rings is 1. The van der Waals surface area contributed by atoms with E-state index in [1.54, 1.807) is 26.0 Å². The number of pyridine rings is 1. The smallest absolute Gasteiger partial charge is 0.357 e. The number of nitrogens with zero attached hydrogens (tertiary/aromatic N) is 1. The summed E-state index contributed by atoms with van der Waals surface area (Å²) in [4.78, 5) is 52.8. The predicted octanol–water partition coefficient (Wildman–Crippen LogP) is 2.94. The number of hydrogen-bond acceptors (Lipinski definition) is 9. The molecule has 2 aromatic rings. The molecule has 1 heterocycles. The summed E-state index contributed by atoms with van der Waals surface area (Å²) < 4.78 is 37.7. The van der Waals surface area contributed by atoms with Gasteiger partial charge < -0.3 is 14.8 Å². The Hall–Kier alpha value is -3.80. The lowest BCUT2D eigenvalue weighted by molar-refractivity contribution is -0.156. The number of amides is 2. The molecule has 2 amide bonds. The van der Waals surface area contributed by atoms with Gasteiger partial charge in [-0.25, -0.2) is 27.7 Å². The maximum Gasteiger partial charge on any atom is 0.357 e. The number of rotatable bonds is 11. The van der Waals surface area contributed by atoms with Gasteiger partial charge in [-0.05, 0) is 69.9 Å².